The maximum atomic E-state index is 13.0. The van der Waals surface area contributed by atoms with Gasteiger partial charge in [0, 0.05) is 68.0 Å². The van der Waals surface area contributed by atoms with Crippen LogP contribution in [0.25, 0.3) is 11.0 Å². The van der Waals surface area contributed by atoms with Gasteiger partial charge in [0.15, 0.2) is 11.5 Å². The number of pyridine rings is 1. The van der Waals surface area contributed by atoms with E-state index in [1.165, 1.54) is 12.8 Å². The molecule has 0 spiro atoms. The lowest BCUT2D eigenvalue weighted by Gasteiger charge is -2.16. The Morgan fingerprint density at radius 2 is 1.72 bits per heavy atom. The number of likely N-dealkylation sites (N-methyl/N-ethyl adjacent to an activating group) is 1. The number of benzene rings is 2. The SMILES string of the molecule is COc1ccc(Cn2nc(N[C@@H]3CCN(C(=O)C=CCN(C)C4CC4)C3)c3c(Oc4ccc(C(=O)Nc5ncccn5)cc4)ccnc32)cc1. The van der Waals surface area contributed by atoms with Crippen molar-refractivity contribution in [2.45, 2.75) is 37.9 Å². The van der Waals surface area contributed by atoms with E-state index >= 15 is 0 Å². The average Bonchev–Trinajstić information content (AvgIpc) is 3.80. The van der Waals surface area contributed by atoms with Crippen LogP contribution >= 0.6 is 0 Å². The zero-order chi connectivity index (χ0) is 34.5. The fourth-order valence-corrected chi connectivity index (χ4v) is 5.97. The number of anilines is 2. The Morgan fingerprint density at radius 3 is 2.46 bits per heavy atom. The molecule has 2 fully saturated rings. The molecule has 0 unspecified atom stereocenters. The molecule has 4 heterocycles. The second kappa shape index (κ2) is 14.7. The van der Waals surface area contributed by atoms with Gasteiger partial charge in [-0.25, -0.2) is 19.6 Å². The first-order valence-electron chi connectivity index (χ1n) is 16.7. The van der Waals surface area contributed by atoms with Gasteiger partial charge in [-0.05, 0) is 74.3 Å². The molecule has 1 saturated carbocycles. The molecule has 1 saturated heterocycles. The third-order valence-corrected chi connectivity index (χ3v) is 8.89. The quantitative estimate of drug-likeness (QED) is 0.165. The monoisotopic (exact) mass is 673 g/mol. The number of nitrogens with one attached hydrogen (secondary N) is 2. The van der Waals surface area contributed by atoms with Gasteiger partial charge in [-0.15, -0.1) is 0 Å². The number of hydrogen-bond donors (Lipinski definition) is 2. The van der Waals surface area contributed by atoms with E-state index < -0.39 is 0 Å². The molecule has 1 aliphatic carbocycles. The first kappa shape index (κ1) is 32.7. The fourth-order valence-electron chi connectivity index (χ4n) is 5.97. The normalized spacial score (nSPS) is 15.9. The van der Waals surface area contributed by atoms with E-state index in [2.05, 4.69) is 32.5 Å². The van der Waals surface area contributed by atoms with Gasteiger partial charge in [-0.2, -0.15) is 5.10 Å². The summed E-state index contributed by atoms with van der Waals surface area (Å²) < 4.78 is 13.6. The summed E-state index contributed by atoms with van der Waals surface area (Å²) in [6, 6.07) is 18.8. The van der Waals surface area contributed by atoms with E-state index in [0.717, 1.165) is 29.7 Å². The van der Waals surface area contributed by atoms with Crippen molar-refractivity contribution >= 4 is 34.6 Å². The van der Waals surface area contributed by atoms with Crippen molar-refractivity contribution in [3.05, 3.63) is 103 Å². The van der Waals surface area contributed by atoms with Crippen molar-refractivity contribution < 1.29 is 19.1 Å². The van der Waals surface area contributed by atoms with Gasteiger partial charge < -0.3 is 19.7 Å². The minimum absolute atomic E-state index is 0.00605. The Hall–Kier alpha value is -5.82. The van der Waals surface area contributed by atoms with E-state index in [1.807, 2.05) is 39.9 Å². The summed E-state index contributed by atoms with van der Waals surface area (Å²) in [5.74, 6) is 2.41. The van der Waals surface area contributed by atoms with Crippen molar-refractivity contribution in [1.29, 1.82) is 0 Å². The van der Waals surface area contributed by atoms with Crippen LogP contribution in [0.15, 0.2) is 91.4 Å². The van der Waals surface area contributed by atoms with E-state index in [9.17, 15) is 9.59 Å². The zero-order valence-electron chi connectivity index (χ0n) is 28.0. The Morgan fingerprint density at radius 1 is 0.960 bits per heavy atom. The van der Waals surface area contributed by atoms with Crippen molar-refractivity contribution in [3.8, 4) is 17.2 Å². The van der Waals surface area contributed by atoms with Crippen LogP contribution in [0.4, 0.5) is 11.8 Å². The molecule has 0 radical (unpaired) electrons. The Labute approximate surface area is 289 Å². The van der Waals surface area contributed by atoms with Crippen LogP contribution in [0.5, 0.6) is 17.2 Å². The Kier molecular flexibility index (Phi) is 9.65. The Balaban J connectivity index is 1.10. The van der Waals surface area contributed by atoms with Crippen molar-refractivity contribution in [2.24, 2.45) is 0 Å². The molecule has 2 aliphatic rings. The molecule has 1 aliphatic heterocycles. The van der Waals surface area contributed by atoms with Crippen molar-refractivity contribution in [3.63, 3.8) is 0 Å². The van der Waals surface area contributed by atoms with Crippen LogP contribution in [0.2, 0.25) is 0 Å². The van der Waals surface area contributed by atoms with Crippen molar-refractivity contribution in [2.75, 3.05) is 44.4 Å². The molecule has 50 heavy (non-hydrogen) atoms. The van der Waals surface area contributed by atoms with Crippen LogP contribution in [0.1, 0.15) is 35.2 Å². The number of aromatic nitrogens is 5. The molecule has 13 heteroatoms. The summed E-state index contributed by atoms with van der Waals surface area (Å²) in [4.78, 5) is 42.7. The van der Waals surface area contributed by atoms with Crippen LogP contribution < -0.4 is 20.1 Å². The lowest BCUT2D eigenvalue weighted by molar-refractivity contribution is -0.125. The molecule has 2 N–H and O–H groups in total. The summed E-state index contributed by atoms with van der Waals surface area (Å²) in [6.45, 7) is 2.46. The van der Waals surface area contributed by atoms with Crippen LogP contribution in [0.3, 0.4) is 0 Å². The second-order valence-electron chi connectivity index (χ2n) is 12.5. The smallest absolute Gasteiger partial charge is 0.258 e. The average molecular weight is 674 g/mol. The summed E-state index contributed by atoms with van der Waals surface area (Å²) in [6.07, 6.45) is 11.7. The first-order valence-corrected chi connectivity index (χ1v) is 16.7. The number of rotatable bonds is 13. The number of carbonyl (C=O) groups excluding carboxylic acids is 2. The molecule has 0 bridgehead atoms. The fraction of sp³-hybridized carbons (Fsp3) is 0.297. The predicted molar refractivity (Wildman–Crippen MR) is 190 cm³/mol. The van der Waals surface area contributed by atoms with Gasteiger partial charge >= 0.3 is 0 Å². The van der Waals surface area contributed by atoms with Crippen LogP contribution in [0, 0.1) is 0 Å². The van der Waals surface area contributed by atoms with Gasteiger partial charge in [0.2, 0.25) is 11.9 Å². The van der Waals surface area contributed by atoms with Gasteiger partial charge in [0.25, 0.3) is 5.91 Å². The zero-order valence-corrected chi connectivity index (χ0v) is 28.0. The molecule has 13 nitrogen and oxygen atoms in total. The summed E-state index contributed by atoms with van der Waals surface area (Å²) in [5.41, 5.74) is 2.11. The number of carbonyl (C=O) groups is 2. The maximum Gasteiger partial charge on any atom is 0.258 e. The molecular weight excluding hydrogens is 634 g/mol. The standard InChI is InChI=1S/C37H39N9O4/c1-44(28-10-11-28)21-3-5-32(47)45-22-17-27(24-45)41-34-33-31(16-20-38-35(33)46(43-34)23-25-6-12-29(49-2)13-7-25)50-30-14-8-26(9-15-30)36(48)42-37-39-18-4-19-40-37/h3-9,12-16,18-20,27-28H,10-11,17,21-24H2,1-2H3,(H,41,43)(H,39,40,42,48)/t27-/m1/s1. The topological polar surface area (TPSA) is 140 Å². The van der Waals surface area contributed by atoms with E-state index in [0.29, 0.717) is 54.2 Å². The number of fused-ring (bicyclic) bond motifs is 1. The van der Waals surface area contributed by atoms with E-state index in [4.69, 9.17) is 19.6 Å². The molecule has 3 aromatic heterocycles. The predicted octanol–water partition coefficient (Wildman–Crippen LogP) is 4.99. The van der Waals surface area contributed by atoms with Crippen LogP contribution in [-0.4, -0.2) is 92.2 Å². The highest BCUT2D eigenvalue weighted by atomic mass is 16.5. The lowest BCUT2D eigenvalue weighted by atomic mass is 10.2. The number of nitrogens with zero attached hydrogens (tertiary/aromatic N) is 7. The third-order valence-electron chi connectivity index (χ3n) is 8.89. The van der Waals surface area contributed by atoms with Gasteiger partial charge in [0.05, 0.1) is 13.7 Å². The lowest BCUT2D eigenvalue weighted by Crippen LogP contribution is -2.30. The highest BCUT2D eigenvalue weighted by Gasteiger charge is 2.28. The van der Waals surface area contributed by atoms with Gasteiger partial charge in [0.1, 0.15) is 22.6 Å². The van der Waals surface area contributed by atoms with E-state index in [-0.39, 0.29) is 23.8 Å². The second-order valence-corrected chi connectivity index (χ2v) is 12.5. The number of ether oxygens (including phenoxy) is 2. The number of hydrogen-bond acceptors (Lipinski definition) is 10. The summed E-state index contributed by atoms with van der Waals surface area (Å²) >= 11 is 0. The highest BCUT2D eigenvalue weighted by molar-refractivity contribution is 6.03. The highest BCUT2D eigenvalue weighted by Crippen LogP contribution is 2.35. The minimum atomic E-state index is -0.328. The van der Waals surface area contributed by atoms with Crippen LogP contribution in [-0.2, 0) is 11.3 Å². The Bertz CT molecular complexity index is 1980. The minimum Gasteiger partial charge on any atom is -0.497 e. The first-order chi connectivity index (χ1) is 24.4. The van der Waals surface area contributed by atoms with Gasteiger partial charge in [-0.1, -0.05) is 18.2 Å². The number of methoxy groups -OCH3 is 1. The number of amides is 2. The molecular formula is C37H39N9O4. The van der Waals surface area contributed by atoms with Gasteiger partial charge in [-0.3, -0.25) is 19.8 Å². The molecule has 5 aromatic rings. The summed E-state index contributed by atoms with van der Waals surface area (Å²) in [5, 5.41) is 12.0. The molecule has 256 valence electrons. The molecule has 7 rings (SSSR count). The number of likely N-dealkylation sites (tertiary alicyclic amines) is 1. The summed E-state index contributed by atoms with van der Waals surface area (Å²) in [7, 11) is 3.74. The maximum absolute atomic E-state index is 13.0. The van der Waals surface area contributed by atoms with Crippen molar-refractivity contribution in [1.82, 2.24) is 34.5 Å². The molecule has 2 aromatic carbocycles. The van der Waals surface area contributed by atoms with E-state index in [1.54, 1.807) is 68.2 Å². The molecule has 2 amide bonds. The third kappa shape index (κ3) is 7.73. The molecule has 1 atom stereocenters. The largest absolute Gasteiger partial charge is 0.497 e.